The van der Waals surface area contributed by atoms with Crippen molar-refractivity contribution in [3.8, 4) is 0 Å². The van der Waals surface area contributed by atoms with Crippen LogP contribution in [-0.2, 0) is 19.2 Å². The number of amides is 1. The molecule has 0 unspecified atom stereocenters. The van der Waals surface area contributed by atoms with Gasteiger partial charge in [0.15, 0.2) is 5.82 Å². The summed E-state index contributed by atoms with van der Waals surface area (Å²) in [5, 5.41) is 8.61. The summed E-state index contributed by atoms with van der Waals surface area (Å²) in [7, 11) is 0. The number of anilines is 1. The molecule has 3 fully saturated rings. The van der Waals surface area contributed by atoms with Gasteiger partial charge in [0.2, 0.25) is 11.9 Å². The van der Waals surface area contributed by atoms with Crippen LogP contribution in [0, 0.1) is 11.7 Å². The number of hydrogen-bond donors (Lipinski definition) is 1. The Morgan fingerprint density at radius 1 is 1.19 bits per heavy atom. The van der Waals surface area contributed by atoms with Gasteiger partial charge in [-0.25, -0.2) is 24.2 Å². The maximum atomic E-state index is 12.9. The topological polar surface area (TPSA) is 105 Å². The Hall–Kier alpha value is -2.54. The number of halogens is 4. The highest BCUT2D eigenvalue weighted by atomic mass is 19.4. The van der Waals surface area contributed by atoms with Crippen molar-refractivity contribution in [2.24, 2.45) is 5.92 Å². The van der Waals surface area contributed by atoms with Gasteiger partial charge in [0.1, 0.15) is 0 Å². The Balaban J connectivity index is 0.000000339. The van der Waals surface area contributed by atoms with E-state index in [-0.39, 0.29) is 18.1 Å². The Kier molecular flexibility index (Phi) is 7.26. The molecule has 1 N–H and O–H groups in total. The highest BCUT2D eigenvalue weighted by Crippen LogP contribution is 2.35. The van der Waals surface area contributed by atoms with Gasteiger partial charge in [-0.05, 0) is 19.3 Å². The molecule has 172 valence electrons. The average molecular weight is 450 g/mol. The van der Waals surface area contributed by atoms with Crippen LogP contribution in [0.3, 0.4) is 0 Å². The van der Waals surface area contributed by atoms with Crippen LogP contribution in [0.1, 0.15) is 25.7 Å². The highest BCUT2D eigenvalue weighted by molar-refractivity contribution is 5.75. The van der Waals surface area contributed by atoms with Gasteiger partial charge >= 0.3 is 12.1 Å². The number of carboxylic acids is 1. The van der Waals surface area contributed by atoms with E-state index >= 15 is 0 Å². The molecule has 31 heavy (non-hydrogen) atoms. The highest BCUT2D eigenvalue weighted by Gasteiger charge is 2.43. The maximum Gasteiger partial charge on any atom is 0.490 e. The number of nitrogens with zero attached hydrogens (tertiary/aromatic N) is 4. The molecule has 0 saturated carbocycles. The summed E-state index contributed by atoms with van der Waals surface area (Å²) in [5.41, 5.74) is 0. The largest absolute Gasteiger partial charge is 0.490 e. The number of aliphatic carboxylic acids is 1. The second-order valence-electron chi connectivity index (χ2n) is 7.44. The summed E-state index contributed by atoms with van der Waals surface area (Å²) < 4.78 is 50.7. The lowest BCUT2D eigenvalue weighted by atomic mass is 10.0. The van der Waals surface area contributed by atoms with Crippen molar-refractivity contribution in [1.29, 1.82) is 0 Å². The first-order valence-electron chi connectivity index (χ1n) is 9.75. The molecule has 0 spiro atoms. The van der Waals surface area contributed by atoms with E-state index < -0.39 is 18.0 Å². The molecule has 0 radical (unpaired) electrons. The van der Waals surface area contributed by atoms with Crippen molar-refractivity contribution >= 4 is 17.8 Å². The minimum Gasteiger partial charge on any atom is -0.475 e. The van der Waals surface area contributed by atoms with Crippen LogP contribution in [0.15, 0.2) is 12.4 Å². The first-order chi connectivity index (χ1) is 14.6. The Morgan fingerprint density at radius 2 is 1.87 bits per heavy atom. The zero-order chi connectivity index (χ0) is 22.6. The lowest BCUT2D eigenvalue weighted by Gasteiger charge is -2.27. The van der Waals surface area contributed by atoms with E-state index in [0.29, 0.717) is 38.0 Å². The number of ether oxygens (including phenoxy) is 1. The van der Waals surface area contributed by atoms with Crippen molar-refractivity contribution in [2.45, 2.75) is 44.1 Å². The van der Waals surface area contributed by atoms with Crippen LogP contribution in [0.5, 0.6) is 0 Å². The number of carbonyl (C=O) groups is 2. The van der Waals surface area contributed by atoms with E-state index in [0.717, 1.165) is 25.8 Å². The summed E-state index contributed by atoms with van der Waals surface area (Å²) in [6, 6.07) is 0. The van der Waals surface area contributed by atoms with Gasteiger partial charge in [-0.3, -0.25) is 9.63 Å². The maximum absolute atomic E-state index is 12.9. The summed E-state index contributed by atoms with van der Waals surface area (Å²) in [6.45, 7) is 2.76. The quantitative estimate of drug-likeness (QED) is 0.695. The van der Waals surface area contributed by atoms with Crippen LogP contribution >= 0.6 is 0 Å². The normalized spacial score (nSPS) is 25.6. The second kappa shape index (κ2) is 9.73. The summed E-state index contributed by atoms with van der Waals surface area (Å²) >= 11 is 0. The molecule has 1 amide bonds. The first kappa shape index (κ1) is 23.1. The van der Waals surface area contributed by atoms with Gasteiger partial charge in [-0.1, -0.05) is 0 Å². The number of fused-ring (bicyclic) bond motifs is 1. The minimum atomic E-state index is -5.08. The molecule has 1 aromatic heterocycles. The SMILES string of the molecule is O=C(C[C@@H]1C[C@H]2CN(c3ncc(F)cn3)C[C@H]2O1)N1CCCCO1.O=C(O)C(F)(F)F. The van der Waals surface area contributed by atoms with Crippen molar-refractivity contribution in [1.82, 2.24) is 15.0 Å². The molecular weight excluding hydrogens is 428 g/mol. The van der Waals surface area contributed by atoms with Gasteiger partial charge in [-0.15, -0.1) is 0 Å². The van der Waals surface area contributed by atoms with Gasteiger partial charge in [-0.2, -0.15) is 13.2 Å². The van der Waals surface area contributed by atoms with Gasteiger partial charge in [0.25, 0.3) is 0 Å². The second-order valence-corrected chi connectivity index (χ2v) is 7.44. The van der Waals surface area contributed by atoms with Gasteiger partial charge in [0.05, 0.1) is 37.6 Å². The Labute approximate surface area is 174 Å². The van der Waals surface area contributed by atoms with E-state index in [1.807, 2.05) is 4.90 Å². The lowest BCUT2D eigenvalue weighted by Crippen LogP contribution is -2.37. The number of rotatable bonds is 3. The molecular formula is C18H22F4N4O5. The first-order valence-corrected chi connectivity index (χ1v) is 9.75. The predicted octanol–water partition coefficient (Wildman–Crippen LogP) is 1.79. The number of carbonyl (C=O) groups excluding carboxylic acids is 1. The van der Waals surface area contributed by atoms with Crippen LogP contribution in [0.4, 0.5) is 23.5 Å². The standard InChI is InChI=1S/C16H21FN4O3.C2HF3O2/c17-12-7-18-16(19-8-12)20-9-11-5-13(24-14(11)10-20)6-15(22)21-3-1-2-4-23-21;3-2(4,5)1(6)7/h7-8,11,13-14H,1-6,9-10H2;(H,6,7)/t11-,13-,14+;/m0./s1. The van der Waals surface area contributed by atoms with E-state index in [2.05, 4.69) is 9.97 Å². The molecule has 0 aromatic carbocycles. The molecule has 1 aromatic rings. The van der Waals surface area contributed by atoms with E-state index in [9.17, 15) is 22.4 Å². The van der Waals surface area contributed by atoms with Crippen LogP contribution < -0.4 is 4.90 Å². The Bertz CT molecular complexity index is 759. The number of hydroxylamine groups is 2. The predicted molar refractivity (Wildman–Crippen MR) is 96.2 cm³/mol. The third-order valence-corrected chi connectivity index (χ3v) is 5.13. The van der Waals surface area contributed by atoms with Crippen molar-refractivity contribution in [3.05, 3.63) is 18.2 Å². The fourth-order valence-electron chi connectivity index (χ4n) is 3.72. The smallest absolute Gasteiger partial charge is 0.475 e. The number of hydrogen-bond acceptors (Lipinski definition) is 7. The molecule has 0 aliphatic carbocycles. The molecule has 3 aliphatic heterocycles. The van der Waals surface area contributed by atoms with Crippen molar-refractivity contribution in [3.63, 3.8) is 0 Å². The number of alkyl halides is 3. The number of carboxylic acid groups (broad SMARTS) is 1. The molecule has 4 heterocycles. The Morgan fingerprint density at radius 3 is 2.42 bits per heavy atom. The van der Waals surface area contributed by atoms with E-state index in [4.69, 9.17) is 19.5 Å². The molecule has 3 atom stereocenters. The molecule has 0 bridgehead atoms. The van der Waals surface area contributed by atoms with Crippen molar-refractivity contribution < 1.29 is 41.8 Å². The van der Waals surface area contributed by atoms with Crippen LogP contribution in [-0.4, -0.2) is 76.6 Å². The van der Waals surface area contributed by atoms with Gasteiger partial charge in [0, 0.05) is 25.6 Å². The molecule has 3 aliphatic rings. The summed E-state index contributed by atoms with van der Waals surface area (Å²) in [5.74, 6) is -2.29. The monoisotopic (exact) mass is 450 g/mol. The van der Waals surface area contributed by atoms with Gasteiger partial charge < -0.3 is 14.7 Å². The van der Waals surface area contributed by atoms with Crippen LogP contribution in [0.25, 0.3) is 0 Å². The van der Waals surface area contributed by atoms with E-state index in [1.54, 1.807) is 0 Å². The van der Waals surface area contributed by atoms with Crippen molar-refractivity contribution in [2.75, 3.05) is 31.1 Å². The minimum absolute atomic E-state index is 0.0124. The zero-order valence-corrected chi connectivity index (χ0v) is 16.4. The molecule has 4 rings (SSSR count). The third kappa shape index (κ3) is 6.23. The third-order valence-electron chi connectivity index (χ3n) is 5.13. The molecule has 13 heteroatoms. The zero-order valence-electron chi connectivity index (χ0n) is 16.4. The average Bonchev–Trinajstić information content (AvgIpc) is 3.27. The van der Waals surface area contributed by atoms with E-state index in [1.165, 1.54) is 17.5 Å². The number of aromatic nitrogens is 2. The summed E-state index contributed by atoms with van der Waals surface area (Å²) in [6.07, 6.45) is 0.536. The molecule has 3 saturated heterocycles. The van der Waals surface area contributed by atoms with Crippen LogP contribution in [0.2, 0.25) is 0 Å². The fraction of sp³-hybridized carbons (Fsp3) is 0.667. The summed E-state index contributed by atoms with van der Waals surface area (Å²) in [4.78, 5) is 36.6. The fourth-order valence-corrected chi connectivity index (χ4v) is 3.72. The lowest BCUT2D eigenvalue weighted by molar-refractivity contribution is -0.199. The molecule has 9 nitrogen and oxygen atoms in total.